The van der Waals surface area contributed by atoms with Crippen molar-refractivity contribution in [2.45, 2.75) is 66.3 Å². The molecule has 2 unspecified atom stereocenters. The van der Waals surface area contributed by atoms with Crippen LogP contribution in [-0.2, 0) is 0 Å². The lowest BCUT2D eigenvalue weighted by Gasteiger charge is -2.44. The molecule has 20 heavy (non-hydrogen) atoms. The number of nitrogens with one attached hydrogen (secondary N) is 1. The van der Waals surface area contributed by atoms with E-state index < -0.39 is 0 Å². The monoisotopic (exact) mass is 273 g/mol. The highest BCUT2D eigenvalue weighted by molar-refractivity contribution is 5.31. The van der Waals surface area contributed by atoms with Gasteiger partial charge in [0, 0.05) is 6.04 Å². The fraction of sp³-hybridized carbons (Fsp3) is 0.684. The summed E-state index contributed by atoms with van der Waals surface area (Å²) in [6, 6.07) is 7.54. The SMILES string of the molecule is CCNC(c1cc(C)cc(C)c1)C1CCCCC1(C)C. The average molecular weight is 273 g/mol. The lowest BCUT2D eigenvalue weighted by molar-refractivity contribution is 0.0988. The zero-order valence-corrected chi connectivity index (χ0v) is 13.9. The van der Waals surface area contributed by atoms with Gasteiger partial charge in [-0.3, -0.25) is 0 Å². The Labute approximate surface area is 125 Å². The summed E-state index contributed by atoms with van der Waals surface area (Å²) >= 11 is 0. The van der Waals surface area contributed by atoms with E-state index in [-0.39, 0.29) is 0 Å². The summed E-state index contributed by atoms with van der Waals surface area (Å²) in [5.74, 6) is 0.748. The van der Waals surface area contributed by atoms with Crippen LogP contribution < -0.4 is 5.32 Å². The summed E-state index contributed by atoms with van der Waals surface area (Å²) < 4.78 is 0. The first-order chi connectivity index (χ1) is 9.44. The fourth-order valence-corrected chi connectivity index (χ4v) is 4.04. The van der Waals surface area contributed by atoms with Crippen molar-refractivity contribution in [3.05, 3.63) is 34.9 Å². The van der Waals surface area contributed by atoms with Gasteiger partial charge in [0.05, 0.1) is 0 Å². The molecular formula is C19H31N. The van der Waals surface area contributed by atoms with Crippen LogP contribution in [0.5, 0.6) is 0 Å². The minimum absolute atomic E-state index is 0.447. The Bertz CT molecular complexity index is 427. The van der Waals surface area contributed by atoms with E-state index in [9.17, 15) is 0 Å². The molecule has 1 fully saturated rings. The van der Waals surface area contributed by atoms with Gasteiger partial charge >= 0.3 is 0 Å². The maximum absolute atomic E-state index is 3.78. The van der Waals surface area contributed by atoms with E-state index >= 15 is 0 Å². The summed E-state index contributed by atoms with van der Waals surface area (Å²) in [6.07, 6.45) is 5.51. The molecule has 2 rings (SSSR count). The molecule has 1 heteroatoms. The van der Waals surface area contributed by atoms with Gasteiger partial charge in [0.2, 0.25) is 0 Å². The molecule has 112 valence electrons. The van der Waals surface area contributed by atoms with E-state index in [4.69, 9.17) is 0 Å². The smallest absolute Gasteiger partial charge is 0.0353 e. The van der Waals surface area contributed by atoms with Gasteiger partial charge < -0.3 is 5.32 Å². The highest BCUT2D eigenvalue weighted by atomic mass is 14.9. The van der Waals surface area contributed by atoms with Crippen LogP contribution in [-0.4, -0.2) is 6.54 Å². The van der Waals surface area contributed by atoms with Crippen molar-refractivity contribution in [2.24, 2.45) is 11.3 Å². The third-order valence-electron chi connectivity index (χ3n) is 5.02. The fourth-order valence-electron chi connectivity index (χ4n) is 4.04. The Kier molecular flexibility index (Phi) is 4.90. The van der Waals surface area contributed by atoms with E-state index in [1.807, 2.05) is 0 Å². The van der Waals surface area contributed by atoms with E-state index in [1.165, 1.54) is 42.4 Å². The van der Waals surface area contributed by atoms with Gasteiger partial charge in [-0.05, 0) is 50.1 Å². The van der Waals surface area contributed by atoms with Crippen LogP contribution in [0.1, 0.15) is 69.2 Å². The van der Waals surface area contributed by atoms with Crippen molar-refractivity contribution in [3.8, 4) is 0 Å². The summed E-state index contributed by atoms with van der Waals surface area (Å²) in [7, 11) is 0. The maximum atomic E-state index is 3.78. The second-order valence-electron chi connectivity index (χ2n) is 7.30. The lowest BCUT2D eigenvalue weighted by Crippen LogP contribution is -2.39. The normalized spacial score (nSPS) is 23.6. The highest BCUT2D eigenvalue weighted by Crippen LogP contribution is 2.46. The molecule has 1 saturated carbocycles. The molecule has 0 heterocycles. The molecule has 1 aromatic carbocycles. The number of benzene rings is 1. The van der Waals surface area contributed by atoms with E-state index in [0.29, 0.717) is 11.5 Å². The molecule has 0 aliphatic heterocycles. The lowest BCUT2D eigenvalue weighted by atomic mass is 9.64. The largest absolute Gasteiger partial charge is 0.310 e. The van der Waals surface area contributed by atoms with Crippen LogP contribution in [0.3, 0.4) is 0 Å². The van der Waals surface area contributed by atoms with Gasteiger partial charge in [-0.15, -0.1) is 0 Å². The van der Waals surface area contributed by atoms with Gasteiger partial charge in [0.25, 0.3) is 0 Å². The van der Waals surface area contributed by atoms with Crippen LogP contribution in [0.25, 0.3) is 0 Å². The molecule has 1 aliphatic rings. The van der Waals surface area contributed by atoms with E-state index in [2.05, 4.69) is 58.1 Å². The van der Waals surface area contributed by atoms with Crippen LogP contribution in [0.15, 0.2) is 18.2 Å². The number of hydrogen-bond donors (Lipinski definition) is 1. The molecule has 0 radical (unpaired) electrons. The van der Waals surface area contributed by atoms with Crippen molar-refractivity contribution >= 4 is 0 Å². The molecule has 0 aromatic heterocycles. The topological polar surface area (TPSA) is 12.0 Å². The van der Waals surface area contributed by atoms with Crippen LogP contribution in [0.4, 0.5) is 0 Å². The van der Waals surface area contributed by atoms with Gasteiger partial charge in [0.1, 0.15) is 0 Å². The second kappa shape index (κ2) is 6.30. The first kappa shape index (κ1) is 15.6. The van der Waals surface area contributed by atoms with Crippen LogP contribution >= 0.6 is 0 Å². The predicted molar refractivity (Wildman–Crippen MR) is 88.1 cm³/mol. The Morgan fingerprint density at radius 1 is 1.15 bits per heavy atom. The Hall–Kier alpha value is -0.820. The molecular weight excluding hydrogens is 242 g/mol. The minimum atomic E-state index is 0.447. The van der Waals surface area contributed by atoms with Gasteiger partial charge in [-0.25, -0.2) is 0 Å². The zero-order chi connectivity index (χ0) is 14.8. The predicted octanol–water partition coefficient (Wildman–Crippen LogP) is 5.17. The molecule has 1 N–H and O–H groups in total. The molecule has 1 aliphatic carbocycles. The van der Waals surface area contributed by atoms with E-state index in [1.54, 1.807) is 0 Å². The van der Waals surface area contributed by atoms with Crippen LogP contribution in [0, 0.1) is 25.2 Å². The van der Waals surface area contributed by atoms with Crippen molar-refractivity contribution in [3.63, 3.8) is 0 Å². The molecule has 0 spiro atoms. The Morgan fingerprint density at radius 3 is 2.35 bits per heavy atom. The maximum Gasteiger partial charge on any atom is 0.0353 e. The van der Waals surface area contributed by atoms with Gasteiger partial charge in [0.15, 0.2) is 0 Å². The molecule has 1 nitrogen and oxygen atoms in total. The van der Waals surface area contributed by atoms with Crippen molar-refractivity contribution in [1.82, 2.24) is 5.32 Å². The first-order valence-corrected chi connectivity index (χ1v) is 8.25. The van der Waals surface area contributed by atoms with Gasteiger partial charge in [-0.1, -0.05) is 62.9 Å². The van der Waals surface area contributed by atoms with Gasteiger partial charge in [-0.2, -0.15) is 0 Å². The summed E-state index contributed by atoms with van der Waals surface area (Å²) in [6.45, 7) is 12.6. The second-order valence-corrected chi connectivity index (χ2v) is 7.30. The number of aryl methyl sites for hydroxylation is 2. The zero-order valence-electron chi connectivity index (χ0n) is 13.9. The molecule has 1 aromatic rings. The Balaban J connectivity index is 2.34. The standard InChI is InChI=1S/C19H31N/c1-6-20-18(16-12-14(2)11-15(3)13-16)17-9-7-8-10-19(17,4)5/h11-13,17-18,20H,6-10H2,1-5H3. The number of hydrogen-bond acceptors (Lipinski definition) is 1. The molecule has 2 atom stereocenters. The average Bonchev–Trinajstić information content (AvgIpc) is 2.35. The number of rotatable bonds is 4. The molecule has 0 amide bonds. The quantitative estimate of drug-likeness (QED) is 0.798. The highest BCUT2D eigenvalue weighted by Gasteiger charge is 2.37. The third-order valence-corrected chi connectivity index (χ3v) is 5.02. The van der Waals surface area contributed by atoms with Crippen LogP contribution in [0.2, 0.25) is 0 Å². The first-order valence-electron chi connectivity index (χ1n) is 8.25. The molecule has 0 bridgehead atoms. The minimum Gasteiger partial charge on any atom is -0.310 e. The third kappa shape index (κ3) is 3.44. The summed E-state index contributed by atoms with van der Waals surface area (Å²) in [5, 5.41) is 3.78. The van der Waals surface area contributed by atoms with Crippen molar-refractivity contribution in [1.29, 1.82) is 0 Å². The van der Waals surface area contributed by atoms with Crippen molar-refractivity contribution in [2.75, 3.05) is 6.54 Å². The summed E-state index contributed by atoms with van der Waals surface area (Å²) in [5.41, 5.74) is 4.71. The molecule has 0 saturated heterocycles. The van der Waals surface area contributed by atoms with E-state index in [0.717, 1.165) is 12.5 Å². The summed E-state index contributed by atoms with van der Waals surface area (Å²) in [4.78, 5) is 0. The van der Waals surface area contributed by atoms with Crippen molar-refractivity contribution < 1.29 is 0 Å². The Morgan fingerprint density at radius 2 is 1.80 bits per heavy atom.